The lowest BCUT2D eigenvalue weighted by Gasteiger charge is -2.11. The number of aromatic hydroxyl groups is 1. The molecule has 3 N–H and O–H groups in total. The van der Waals surface area contributed by atoms with Crippen molar-refractivity contribution in [1.29, 1.82) is 0 Å². The number of nitrogens with two attached hydrogens (primary N) is 1. The Labute approximate surface area is 96.2 Å². The quantitative estimate of drug-likeness (QED) is 0.819. The highest BCUT2D eigenvalue weighted by Crippen LogP contribution is 2.33. The zero-order valence-electron chi connectivity index (χ0n) is 7.21. The largest absolute Gasteiger partial charge is 0.505 e. The molecule has 14 heavy (non-hydrogen) atoms. The van der Waals surface area contributed by atoms with Crippen molar-refractivity contribution >= 4 is 28.3 Å². The molecule has 1 aromatic carbocycles. The van der Waals surface area contributed by atoms with Gasteiger partial charge in [-0.1, -0.05) is 22.0 Å². The van der Waals surface area contributed by atoms with E-state index in [1.165, 1.54) is 18.2 Å². The highest BCUT2D eigenvalue weighted by atomic mass is 79.9. The van der Waals surface area contributed by atoms with Crippen molar-refractivity contribution in [2.24, 2.45) is 5.73 Å². The van der Waals surface area contributed by atoms with Crippen LogP contribution in [-0.2, 0) is 0 Å². The zero-order valence-corrected chi connectivity index (χ0v) is 9.61. The van der Waals surface area contributed by atoms with Crippen molar-refractivity contribution in [2.45, 2.75) is 6.04 Å². The summed E-state index contributed by atoms with van der Waals surface area (Å²) >= 11 is 3.17. The fourth-order valence-electron chi connectivity index (χ4n) is 0.992. The van der Waals surface area contributed by atoms with Gasteiger partial charge < -0.3 is 10.8 Å². The summed E-state index contributed by atoms with van der Waals surface area (Å²) in [6.45, 7) is 3.47. The van der Waals surface area contributed by atoms with Gasteiger partial charge in [-0.2, -0.15) is 0 Å². The first-order valence-corrected chi connectivity index (χ1v) is 4.42. The number of hydrogen-bond donors (Lipinski definition) is 2. The summed E-state index contributed by atoms with van der Waals surface area (Å²) in [5, 5.41) is 9.35. The lowest BCUT2D eigenvalue weighted by molar-refractivity contribution is 0.423. The van der Waals surface area contributed by atoms with E-state index < -0.39 is 17.6 Å². The van der Waals surface area contributed by atoms with Crippen LogP contribution in [0.15, 0.2) is 29.3 Å². The smallest absolute Gasteiger partial charge is 0.165 e. The second-order valence-corrected chi connectivity index (χ2v) is 3.41. The molecule has 0 bridgehead atoms. The fraction of sp³-hybridized carbons (Fsp3) is 0.111. The van der Waals surface area contributed by atoms with Crippen molar-refractivity contribution in [3.8, 4) is 5.75 Å². The van der Waals surface area contributed by atoms with Crippen molar-refractivity contribution in [2.75, 3.05) is 0 Å². The van der Waals surface area contributed by atoms with Crippen LogP contribution in [0, 0.1) is 5.82 Å². The zero-order chi connectivity index (χ0) is 10.0. The number of benzene rings is 1. The molecule has 0 aromatic heterocycles. The standard InChI is InChI=1S/C9H9BrFNO.ClH/c1-2-7(12)8-5(10)3-4-6(11)9(8)13;/h2-4,7,13H,1,12H2;1H/t7-;/m0./s1. The van der Waals surface area contributed by atoms with Crippen LogP contribution in [0.25, 0.3) is 0 Å². The Hall–Kier alpha value is -0.580. The molecule has 2 nitrogen and oxygen atoms in total. The van der Waals surface area contributed by atoms with Gasteiger partial charge in [-0.3, -0.25) is 0 Å². The average molecular weight is 283 g/mol. The summed E-state index contributed by atoms with van der Waals surface area (Å²) in [5.74, 6) is -1.11. The number of rotatable bonds is 2. The molecule has 0 aliphatic carbocycles. The molecule has 1 aromatic rings. The van der Waals surface area contributed by atoms with E-state index >= 15 is 0 Å². The first-order valence-electron chi connectivity index (χ1n) is 3.63. The maximum absolute atomic E-state index is 12.9. The van der Waals surface area contributed by atoms with Gasteiger partial charge in [0.2, 0.25) is 0 Å². The highest BCUT2D eigenvalue weighted by Gasteiger charge is 2.15. The summed E-state index contributed by atoms with van der Waals surface area (Å²) in [6, 6.07) is 2.08. The maximum Gasteiger partial charge on any atom is 0.165 e. The second-order valence-electron chi connectivity index (χ2n) is 2.55. The molecular formula is C9H10BrClFNO. The normalized spacial score (nSPS) is 11.6. The molecule has 78 valence electrons. The van der Waals surface area contributed by atoms with Crippen LogP contribution in [0.5, 0.6) is 5.75 Å². The van der Waals surface area contributed by atoms with E-state index in [9.17, 15) is 9.50 Å². The van der Waals surface area contributed by atoms with Crippen LogP contribution in [0.1, 0.15) is 11.6 Å². The Morgan fingerprint density at radius 3 is 2.64 bits per heavy atom. The van der Waals surface area contributed by atoms with E-state index in [1.54, 1.807) is 0 Å². The van der Waals surface area contributed by atoms with Crippen molar-refractivity contribution in [1.82, 2.24) is 0 Å². The van der Waals surface area contributed by atoms with Crippen LogP contribution < -0.4 is 5.73 Å². The minimum Gasteiger partial charge on any atom is -0.505 e. The molecule has 0 fully saturated rings. The third-order valence-electron chi connectivity index (χ3n) is 1.70. The highest BCUT2D eigenvalue weighted by molar-refractivity contribution is 9.10. The van der Waals surface area contributed by atoms with Gasteiger partial charge in [0.25, 0.3) is 0 Å². The minimum atomic E-state index is -0.685. The molecule has 0 amide bonds. The monoisotopic (exact) mass is 281 g/mol. The van der Waals surface area contributed by atoms with Crippen molar-refractivity contribution in [3.05, 3.63) is 40.6 Å². The molecule has 5 heteroatoms. The first kappa shape index (κ1) is 13.4. The van der Waals surface area contributed by atoms with E-state index in [0.29, 0.717) is 10.0 Å². The number of hydrogen-bond acceptors (Lipinski definition) is 2. The Morgan fingerprint density at radius 2 is 2.14 bits per heavy atom. The SMILES string of the molecule is C=C[C@H](N)c1c(Br)ccc(F)c1O.Cl. The first-order chi connectivity index (χ1) is 6.07. The van der Waals surface area contributed by atoms with E-state index in [-0.39, 0.29) is 12.4 Å². The minimum absolute atomic E-state index is 0. The Kier molecular flexibility index (Phi) is 5.12. The predicted molar refractivity (Wildman–Crippen MR) is 60.1 cm³/mol. The molecule has 0 heterocycles. The molecule has 0 spiro atoms. The molecule has 0 saturated carbocycles. The van der Waals surface area contributed by atoms with Gasteiger partial charge in [0.05, 0.1) is 6.04 Å². The summed E-state index contributed by atoms with van der Waals surface area (Å²) in [7, 11) is 0. The predicted octanol–water partition coefficient (Wildman–Crippen LogP) is 2.90. The maximum atomic E-state index is 12.9. The van der Waals surface area contributed by atoms with E-state index in [0.717, 1.165) is 0 Å². The molecule has 0 aliphatic rings. The van der Waals surface area contributed by atoms with E-state index in [4.69, 9.17) is 5.73 Å². The van der Waals surface area contributed by atoms with Gasteiger partial charge in [0.1, 0.15) is 0 Å². The van der Waals surface area contributed by atoms with Gasteiger partial charge in [0, 0.05) is 10.0 Å². The van der Waals surface area contributed by atoms with Crippen molar-refractivity contribution in [3.63, 3.8) is 0 Å². The summed E-state index contributed by atoms with van der Waals surface area (Å²) in [6.07, 6.45) is 1.43. The molecular weight excluding hydrogens is 272 g/mol. The number of halogens is 3. The van der Waals surface area contributed by atoms with Gasteiger partial charge in [-0.05, 0) is 12.1 Å². The Morgan fingerprint density at radius 1 is 1.57 bits per heavy atom. The molecule has 1 atom stereocenters. The summed E-state index contributed by atoms with van der Waals surface area (Å²) in [4.78, 5) is 0. The van der Waals surface area contributed by atoms with Crippen LogP contribution in [0.3, 0.4) is 0 Å². The third-order valence-corrected chi connectivity index (χ3v) is 2.39. The lowest BCUT2D eigenvalue weighted by atomic mass is 10.1. The van der Waals surface area contributed by atoms with E-state index in [2.05, 4.69) is 22.5 Å². The summed E-state index contributed by atoms with van der Waals surface area (Å²) in [5.41, 5.74) is 5.90. The van der Waals surface area contributed by atoms with Gasteiger partial charge in [-0.25, -0.2) is 4.39 Å². The molecule has 0 unspecified atom stereocenters. The summed E-state index contributed by atoms with van der Waals surface area (Å²) < 4.78 is 13.5. The van der Waals surface area contributed by atoms with Crippen molar-refractivity contribution < 1.29 is 9.50 Å². The van der Waals surface area contributed by atoms with Gasteiger partial charge in [-0.15, -0.1) is 19.0 Å². The van der Waals surface area contributed by atoms with Gasteiger partial charge >= 0.3 is 0 Å². The van der Waals surface area contributed by atoms with Crippen LogP contribution in [0.4, 0.5) is 4.39 Å². The molecule has 1 rings (SSSR count). The molecule has 0 aliphatic heterocycles. The Balaban J connectivity index is 0.00000169. The van der Waals surface area contributed by atoms with Crippen LogP contribution in [-0.4, -0.2) is 5.11 Å². The van der Waals surface area contributed by atoms with Crippen LogP contribution >= 0.6 is 28.3 Å². The third kappa shape index (κ3) is 2.47. The number of phenolic OH excluding ortho intramolecular Hbond substituents is 1. The topological polar surface area (TPSA) is 46.2 Å². The van der Waals surface area contributed by atoms with E-state index in [1.807, 2.05) is 0 Å². The lowest BCUT2D eigenvalue weighted by Crippen LogP contribution is -2.08. The fourth-order valence-corrected chi connectivity index (χ4v) is 1.58. The Bertz CT molecular complexity index is 346. The second kappa shape index (κ2) is 5.34. The average Bonchev–Trinajstić information content (AvgIpc) is 2.12. The molecule has 0 saturated heterocycles. The van der Waals surface area contributed by atoms with Gasteiger partial charge in [0.15, 0.2) is 11.6 Å². The number of phenols is 1. The van der Waals surface area contributed by atoms with Crippen LogP contribution in [0.2, 0.25) is 0 Å². The molecule has 0 radical (unpaired) electrons.